The first-order chi connectivity index (χ1) is 26.4. The molecule has 294 valence electrons. The lowest BCUT2D eigenvalue weighted by molar-refractivity contribution is 0.0404. The quantitative estimate of drug-likeness (QED) is 0.0668. The number of hydrogen-bond donors (Lipinski definition) is 3. The van der Waals surface area contributed by atoms with Gasteiger partial charge in [-0.1, -0.05) is 0 Å². The molecule has 1 aromatic heterocycles. The first kappa shape index (κ1) is 42.0. The number of benzene rings is 3. The zero-order chi connectivity index (χ0) is 38.4. The molecule has 54 heavy (non-hydrogen) atoms. The SMILES string of the molecule is CCOCCOCCOc1ccc(-c2nc(-c3ccc(OCCOCCOCC)cc3O)nc(-c3ccc(OCCOCCOCC)cc3O)n2)c(O)c1. The van der Waals surface area contributed by atoms with Crippen molar-refractivity contribution >= 4 is 0 Å². The predicted octanol–water partition coefficient (Wildman–Crippen LogP) is 5.29. The Morgan fingerprint density at radius 3 is 0.889 bits per heavy atom. The normalized spacial score (nSPS) is 11.2. The summed E-state index contributed by atoms with van der Waals surface area (Å²) in [5.74, 6) is 1.06. The maximum Gasteiger partial charge on any atom is 0.167 e. The molecule has 4 aromatic rings. The van der Waals surface area contributed by atoms with Crippen LogP contribution in [0.4, 0.5) is 0 Å². The van der Waals surface area contributed by atoms with E-state index in [-0.39, 0.29) is 71.2 Å². The van der Waals surface area contributed by atoms with E-state index in [4.69, 9.17) is 42.6 Å². The average molecular weight is 754 g/mol. The summed E-state index contributed by atoms with van der Waals surface area (Å²) in [6.07, 6.45) is 0. The second-order valence-corrected chi connectivity index (χ2v) is 11.3. The summed E-state index contributed by atoms with van der Waals surface area (Å²) in [5.41, 5.74) is 0.813. The van der Waals surface area contributed by atoms with Crippen LogP contribution in [0.1, 0.15) is 20.8 Å². The van der Waals surface area contributed by atoms with E-state index in [1.54, 1.807) is 36.4 Å². The lowest BCUT2D eigenvalue weighted by Gasteiger charge is -2.13. The smallest absolute Gasteiger partial charge is 0.167 e. The molecule has 0 fully saturated rings. The highest BCUT2D eigenvalue weighted by molar-refractivity contribution is 5.74. The summed E-state index contributed by atoms with van der Waals surface area (Å²) < 4.78 is 49.5. The van der Waals surface area contributed by atoms with E-state index in [1.165, 1.54) is 18.2 Å². The number of nitrogens with zero attached hydrogens (tertiary/aromatic N) is 3. The van der Waals surface area contributed by atoms with Crippen LogP contribution in [0.3, 0.4) is 0 Å². The standard InChI is InChI=1S/C39H51N3O12/c1-4-46-13-16-49-19-22-52-28-7-10-31(34(43)25-28)37-40-38(32-11-8-29(26-35(32)44)53-23-20-50-17-14-47-5-2)42-39(41-37)33-12-9-30(27-36(33)45)54-24-21-51-18-15-48-6-3/h7-12,25-27,43-45H,4-6,13-24H2,1-3H3. The number of aromatic hydroxyl groups is 3. The number of hydrogen-bond acceptors (Lipinski definition) is 15. The molecular weight excluding hydrogens is 702 g/mol. The molecule has 0 atom stereocenters. The van der Waals surface area contributed by atoms with Gasteiger partial charge in [0.15, 0.2) is 17.5 Å². The van der Waals surface area contributed by atoms with Gasteiger partial charge in [0.05, 0.1) is 76.2 Å². The van der Waals surface area contributed by atoms with E-state index < -0.39 is 0 Å². The van der Waals surface area contributed by atoms with Crippen LogP contribution < -0.4 is 14.2 Å². The van der Waals surface area contributed by atoms with Crippen LogP contribution in [0.2, 0.25) is 0 Å². The Kier molecular flexibility index (Phi) is 18.5. The molecule has 3 N–H and O–H groups in total. The Morgan fingerprint density at radius 2 is 0.630 bits per heavy atom. The monoisotopic (exact) mass is 753 g/mol. The molecule has 0 saturated heterocycles. The van der Waals surface area contributed by atoms with E-state index in [1.807, 2.05) is 20.8 Å². The Bertz CT molecular complexity index is 1490. The lowest BCUT2D eigenvalue weighted by atomic mass is 10.1. The van der Waals surface area contributed by atoms with Crippen molar-refractivity contribution in [3.05, 3.63) is 54.6 Å². The molecule has 0 amide bonds. The minimum atomic E-state index is -0.152. The van der Waals surface area contributed by atoms with Gasteiger partial charge in [-0.3, -0.25) is 0 Å². The van der Waals surface area contributed by atoms with Crippen molar-refractivity contribution in [3.8, 4) is 68.7 Å². The molecule has 0 radical (unpaired) electrons. The van der Waals surface area contributed by atoms with Gasteiger partial charge in [0.2, 0.25) is 0 Å². The average Bonchev–Trinajstić information content (AvgIpc) is 3.17. The molecule has 0 spiro atoms. The molecule has 0 aliphatic carbocycles. The summed E-state index contributed by atoms with van der Waals surface area (Å²) in [6.45, 7) is 12.4. The summed E-state index contributed by atoms with van der Waals surface area (Å²) in [4.78, 5) is 13.8. The van der Waals surface area contributed by atoms with Crippen LogP contribution >= 0.6 is 0 Å². The number of aromatic nitrogens is 3. The molecule has 15 heteroatoms. The third-order valence-electron chi connectivity index (χ3n) is 7.48. The molecule has 1 heterocycles. The number of rotatable bonds is 27. The lowest BCUT2D eigenvalue weighted by Crippen LogP contribution is -2.10. The highest BCUT2D eigenvalue weighted by Gasteiger charge is 2.19. The minimum Gasteiger partial charge on any atom is -0.507 e. The molecular formula is C39H51N3O12. The van der Waals surface area contributed by atoms with Crippen LogP contribution in [-0.2, 0) is 28.4 Å². The number of ether oxygens (including phenoxy) is 9. The van der Waals surface area contributed by atoms with Crippen LogP contribution in [-0.4, -0.2) is 129 Å². The summed E-state index contributed by atoms with van der Waals surface area (Å²) >= 11 is 0. The maximum atomic E-state index is 11.1. The maximum absolute atomic E-state index is 11.1. The van der Waals surface area contributed by atoms with Crippen LogP contribution in [0.5, 0.6) is 34.5 Å². The zero-order valence-corrected chi connectivity index (χ0v) is 31.2. The third kappa shape index (κ3) is 13.9. The molecule has 0 saturated carbocycles. The molecule has 15 nitrogen and oxygen atoms in total. The second-order valence-electron chi connectivity index (χ2n) is 11.3. The fourth-order valence-electron chi connectivity index (χ4n) is 4.86. The highest BCUT2D eigenvalue weighted by Crippen LogP contribution is 2.37. The van der Waals surface area contributed by atoms with E-state index in [0.29, 0.717) is 96.5 Å². The molecule has 0 bridgehead atoms. The Morgan fingerprint density at radius 1 is 0.370 bits per heavy atom. The molecule has 4 rings (SSSR count). The molecule has 0 aliphatic heterocycles. The van der Waals surface area contributed by atoms with Crippen molar-refractivity contribution in [2.75, 3.05) is 99.1 Å². The van der Waals surface area contributed by atoms with Crippen LogP contribution in [0.15, 0.2) is 54.6 Å². The van der Waals surface area contributed by atoms with E-state index in [2.05, 4.69) is 15.0 Å². The fraction of sp³-hybridized carbons (Fsp3) is 0.462. The van der Waals surface area contributed by atoms with Gasteiger partial charge in [0, 0.05) is 38.0 Å². The van der Waals surface area contributed by atoms with Crippen molar-refractivity contribution in [2.24, 2.45) is 0 Å². The second kappa shape index (κ2) is 23.8. The van der Waals surface area contributed by atoms with Gasteiger partial charge >= 0.3 is 0 Å². The third-order valence-corrected chi connectivity index (χ3v) is 7.48. The van der Waals surface area contributed by atoms with Crippen molar-refractivity contribution in [1.29, 1.82) is 0 Å². The van der Waals surface area contributed by atoms with Gasteiger partial charge in [-0.05, 0) is 57.2 Å². The first-order valence-corrected chi connectivity index (χ1v) is 18.0. The zero-order valence-electron chi connectivity index (χ0n) is 31.2. The van der Waals surface area contributed by atoms with Crippen molar-refractivity contribution < 1.29 is 58.0 Å². The van der Waals surface area contributed by atoms with E-state index in [9.17, 15) is 15.3 Å². The van der Waals surface area contributed by atoms with Gasteiger partial charge in [-0.25, -0.2) is 15.0 Å². The molecule has 0 aliphatic rings. The van der Waals surface area contributed by atoms with Crippen LogP contribution in [0.25, 0.3) is 34.2 Å². The van der Waals surface area contributed by atoms with Gasteiger partial charge in [-0.15, -0.1) is 0 Å². The van der Waals surface area contributed by atoms with E-state index in [0.717, 1.165) is 0 Å². The Labute approximate surface area is 315 Å². The summed E-state index contributed by atoms with van der Waals surface area (Å²) in [7, 11) is 0. The number of phenols is 3. The van der Waals surface area contributed by atoms with Gasteiger partial charge in [0.25, 0.3) is 0 Å². The van der Waals surface area contributed by atoms with Crippen molar-refractivity contribution in [1.82, 2.24) is 15.0 Å². The summed E-state index contributed by atoms with van der Waals surface area (Å²) in [5, 5.41) is 33.2. The first-order valence-electron chi connectivity index (χ1n) is 18.0. The topological polar surface area (TPSA) is 182 Å². The van der Waals surface area contributed by atoms with Crippen molar-refractivity contribution in [3.63, 3.8) is 0 Å². The van der Waals surface area contributed by atoms with Crippen molar-refractivity contribution in [2.45, 2.75) is 20.8 Å². The number of phenolic OH excluding ortho intramolecular Hbond substituents is 3. The Balaban J connectivity index is 1.55. The van der Waals surface area contributed by atoms with Gasteiger partial charge in [0.1, 0.15) is 54.3 Å². The van der Waals surface area contributed by atoms with E-state index >= 15 is 0 Å². The fourth-order valence-corrected chi connectivity index (χ4v) is 4.86. The van der Waals surface area contributed by atoms with Gasteiger partial charge in [-0.2, -0.15) is 0 Å². The molecule has 3 aromatic carbocycles. The Hall–Kier alpha value is -4.77. The molecule has 0 unspecified atom stereocenters. The minimum absolute atomic E-state index is 0.0890. The summed E-state index contributed by atoms with van der Waals surface area (Å²) in [6, 6.07) is 14.2. The predicted molar refractivity (Wildman–Crippen MR) is 200 cm³/mol. The highest BCUT2D eigenvalue weighted by atomic mass is 16.6. The largest absolute Gasteiger partial charge is 0.507 e. The van der Waals surface area contributed by atoms with Gasteiger partial charge < -0.3 is 58.0 Å². The van der Waals surface area contributed by atoms with Crippen LogP contribution in [0, 0.1) is 0 Å².